The maximum Gasteiger partial charge on any atom is 0.238 e. The van der Waals surface area contributed by atoms with Crippen LogP contribution in [0.2, 0.25) is 5.02 Å². The fourth-order valence-corrected chi connectivity index (χ4v) is 3.89. The molecule has 2 aromatic carbocycles. The molecule has 0 saturated heterocycles. The molecular weight excluding hydrogens is 358 g/mol. The topological polar surface area (TPSA) is 37.3 Å². The van der Waals surface area contributed by atoms with Crippen molar-refractivity contribution in [3.05, 3.63) is 88.7 Å². The lowest BCUT2D eigenvalue weighted by Crippen LogP contribution is -2.42. The molecule has 0 spiro atoms. The molecule has 1 aliphatic heterocycles. The number of halogens is 1. The number of carbonyl (C=O) groups excluding carboxylic acids is 1. The summed E-state index contributed by atoms with van der Waals surface area (Å²) in [7, 11) is 0. The first-order chi connectivity index (χ1) is 13.1. The van der Waals surface area contributed by atoms with Gasteiger partial charge in [0.05, 0.1) is 12.6 Å². The lowest BCUT2D eigenvalue weighted by molar-refractivity contribution is -0.117. The third-order valence-electron chi connectivity index (χ3n) is 5.07. The van der Waals surface area contributed by atoms with E-state index in [1.807, 2.05) is 37.3 Å². The van der Waals surface area contributed by atoms with E-state index in [2.05, 4.69) is 45.2 Å². The van der Waals surface area contributed by atoms with Crippen LogP contribution in [-0.2, 0) is 11.3 Å². The molecule has 4 rings (SSSR count). The van der Waals surface area contributed by atoms with Crippen LogP contribution in [0.5, 0.6) is 0 Å². The van der Waals surface area contributed by atoms with Gasteiger partial charge in [0.15, 0.2) is 0 Å². The number of fused-ring (bicyclic) bond motifs is 1. The van der Waals surface area contributed by atoms with Crippen molar-refractivity contribution in [1.29, 1.82) is 0 Å². The zero-order chi connectivity index (χ0) is 18.8. The van der Waals surface area contributed by atoms with E-state index >= 15 is 0 Å². The number of nitrogens with zero attached hydrogens (tertiary/aromatic N) is 2. The van der Waals surface area contributed by atoms with E-state index in [9.17, 15) is 4.79 Å². The van der Waals surface area contributed by atoms with E-state index in [4.69, 9.17) is 11.6 Å². The van der Waals surface area contributed by atoms with Crippen LogP contribution in [0.15, 0.2) is 66.9 Å². The van der Waals surface area contributed by atoms with Gasteiger partial charge in [0.1, 0.15) is 0 Å². The fourth-order valence-electron chi connectivity index (χ4n) is 3.72. The molecule has 0 unspecified atom stereocenters. The zero-order valence-electron chi connectivity index (χ0n) is 15.2. The summed E-state index contributed by atoms with van der Waals surface area (Å²) in [6.45, 7) is 4.00. The predicted octanol–water partition coefficient (Wildman–Crippen LogP) is 4.49. The molecule has 4 nitrogen and oxygen atoms in total. The molecule has 27 heavy (non-hydrogen) atoms. The number of anilines is 1. The molecule has 0 saturated carbocycles. The van der Waals surface area contributed by atoms with Gasteiger partial charge in [-0.1, -0.05) is 48.0 Å². The minimum absolute atomic E-state index is 0.0266. The zero-order valence-corrected chi connectivity index (χ0v) is 16.0. The van der Waals surface area contributed by atoms with Gasteiger partial charge in [-0.3, -0.25) is 9.69 Å². The Labute approximate surface area is 164 Å². The molecule has 5 heteroatoms. The maximum absolute atomic E-state index is 12.8. The van der Waals surface area contributed by atoms with Crippen LogP contribution in [0.25, 0.3) is 0 Å². The van der Waals surface area contributed by atoms with Crippen LogP contribution < -0.4 is 5.32 Å². The molecule has 2 heterocycles. The fraction of sp³-hybridized carbons (Fsp3) is 0.227. The second-order valence-electron chi connectivity index (χ2n) is 6.92. The minimum atomic E-state index is -0.0266. The average Bonchev–Trinajstić information content (AvgIpc) is 3.14. The summed E-state index contributed by atoms with van der Waals surface area (Å²) in [6, 6.07) is 20.2. The van der Waals surface area contributed by atoms with Gasteiger partial charge in [-0.2, -0.15) is 0 Å². The molecule has 1 aliphatic rings. The van der Waals surface area contributed by atoms with Crippen LogP contribution in [0, 0.1) is 6.92 Å². The second-order valence-corrected chi connectivity index (χ2v) is 7.35. The Morgan fingerprint density at radius 3 is 2.74 bits per heavy atom. The quantitative estimate of drug-likeness (QED) is 0.725. The number of nitrogens with one attached hydrogen (secondary N) is 1. The number of aryl methyl sites for hydroxylation is 1. The van der Waals surface area contributed by atoms with E-state index in [1.54, 1.807) is 6.07 Å². The molecule has 3 aromatic rings. The van der Waals surface area contributed by atoms with Crippen molar-refractivity contribution in [2.24, 2.45) is 0 Å². The van der Waals surface area contributed by atoms with Gasteiger partial charge < -0.3 is 9.88 Å². The van der Waals surface area contributed by atoms with Gasteiger partial charge in [-0.15, -0.1) is 0 Å². The molecule has 0 radical (unpaired) electrons. The summed E-state index contributed by atoms with van der Waals surface area (Å²) in [5.41, 5.74) is 4.19. The molecule has 0 aliphatic carbocycles. The van der Waals surface area contributed by atoms with Crippen molar-refractivity contribution in [1.82, 2.24) is 9.47 Å². The summed E-state index contributed by atoms with van der Waals surface area (Å²) in [5.74, 6) is -0.0266. The number of hydrogen-bond acceptors (Lipinski definition) is 2. The van der Waals surface area contributed by atoms with Crippen molar-refractivity contribution in [3.8, 4) is 0 Å². The Morgan fingerprint density at radius 2 is 1.93 bits per heavy atom. The van der Waals surface area contributed by atoms with E-state index in [0.29, 0.717) is 11.6 Å². The van der Waals surface area contributed by atoms with Gasteiger partial charge >= 0.3 is 0 Å². The highest BCUT2D eigenvalue weighted by Gasteiger charge is 2.29. The third-order valence-corrected chi connectivity index (χ3v) is 5.31. The Kier molecular flexibility index (Phi) is 5.01. The Bertz CT molecular complexity index is 951. The number of amides is 1. The van der Waals surface area contributed by atoms with Gasteiger partial charge in [-0.25, -0.2) is 0 Å². The van der Waals surface area contributed by atoms with Crippen molar-refractivity contribution >= 4 is 23.2 Å². The monoisotopic (exact) mass is 379 g/mol. The van der Waals surface area contributed by atoms with E-state index < -0.39 is 0 Å². The normalized spacial score (nSPS) is 16.7. The van der Waals surface area contributed by atoms with Crippen LogP contribution in [0.3, 0.4) is 0 Å². The standard InChI is InChI=1S/C22H22ClN3O/c1-16-9-10-18(23)14-19(16)24-21(27)15-26-13-12-25-11-5-8-20(25)22(26)17-6-3-2-4-7-17/h2-11,14,22H,12-13,15H2,1H3,(H,24,27)/t22-/m0/s1. The van der Waals surface area contributed by atoms with Crippen molar-refractivity contribution in [3.63, 3.8) is 0 Å². The first-order valence-electron chi connectivity index (χ1n) is 9.12. The summed E-state index contributed by atoms with van der Waals surface area (Å²) in [5, 5.41) is 3.64. The highest BCUT2D eigenvalue weighted by Crippen LogP contribution is 2.32. The SMILES string of the molecule is Cc1ccc(Cl)cc1NC(=O)CN1CCn2cccc2[C@@H]1c1ccccc1. The largest absolute Gasteiger partial charge is 0.348 e. The Hall–Kier alpha value is -2.56. The third kappa shape index (κ3) is 3.77. The molecule has 0 fully saturated rings. The highest BCUT2D eigenvalue weighted by molar-refractivity contribution is 6.31. The van der Waals surface area contributed by atoms with Crippen molar-refractivity contribution < 1.29 is 4.79 Å². The van der Waals surface area contributed by atoms with Crippen molar-refractivity contribution in [2.75, 3.05) is 18.4 Å². The molecule has 1 amide bonds. The predicted molar refractivity (Wildman–Crippen MR) is 109 cm³/mol. The lowest BCUT2D eigenvalue weighted by Gasteiger charge is -2.36. The number of carbonyl (C=O) groups is 1. The van der Waals surface area contributed by atoms with Crippen LogP contribution in [-0.4, -0.2) is 28.5 Å². The van der Waals surface area contributed by atoms with Crippen LogP contribution in [0.4, 0.5) is 5.69 Å². The maximum atomic E-state index is 12.8. The Morgan fingerprint density at radius 1 is 1.11 bits per heavy atom. The number of aromatic nitrogens is 1. The smallest absolute Gasteiger partial charge is 0.238 e. The Balaban J connectivity index is 1.57. The molecular formula is C22H22ClN3O. The summed E-state index contributed by atoms with van der Waals surface area (Å²) >= 11 is 6.07. The first kappa shape index (κ1) is 17.8. The molecule has 0 bridgehead atoms. The van der Waals surface area contributed by atoms with Crippen LogP contribution >= 0.6 is 11.6 Å². The lowest BCUT2D eigenvalue weighted by atomic mass is 10.00. The minimum Gasteiger partial charge on any atom is -0.348 e. The molecule has 138 valence electrons. The van der Waals surface area contributed by atoms with Crippen molar-refractivity contribution in [2.45, 2.75) is 19.5 Å². The van der Waals surface area contributed by atoms with Gasteiger partial charge in [0, 0.05) is 35.7 Å². The van der Waals surface area contributed by atoms with Gasteiger partial charge in [-0.05, 0) is 42.3 Å². The number of hydrogen-bond donors (Lipinski definition) is 1. The number of rotatable bonds is 4. The van der Waals surface area contributed by atoms with E-state index in [0.717, 1.165) is 24.3 Å². The van der Waals surface area contributed by atoms with Gasteiger partial charge in [0.25, 0.3) is 0 Å². The second kappa shape index (κ2) is 7.59. The number of benzene rings is 2. The molecule has 1 N–H and O–H groups in total. The summed E-state index contributed by atoms with van der Waals surface area (Å²) in [4.78, 5) is 15.0. The van der Waals surface area contributed by atoms with Crippen LogP contribution in [0.1, 0.15) is 22.9 Å². The highest BCUT2D eigenvalue weighted by atomic mass is 35.5. The average molecular weight is 380 g/mol. The van der Waals surface area contributed by atoms with Gasteiger partial charge in [0.2, 0.25) is 5.91 Å². The molecule has 1 atom stereocenters. The van der Waals surface area contributed by atoms with E-state index in [1.165, 1.54) is 11.3 Å². The first-order valence-corrected chi connectivity index (χ1v) is 9.49. The summed E-state index contributed by atoms with van der Waals surface area (Å²) < 4.78 is 2.27. The summed E-state index contributed by atoms with van der Waals surface area (Å²) in [6.07, 6.45) is 2.11. The van der Waals surface area contributed by atoms with E-state index in [-0.39, 0.29) is 11.9 Å². The molecule has 1 aromatic heterocycles.